The minimum absolute atomic E-state index is 0.0277. The van der Waals surface area contributed by atoms with Crippen LogP contribution < -0.4 is 10.2 Å². The number of nitriles is 1. The fraction of sp³-hybridized carbons (Fsp3) is 0.484. The molecule has 3 aliphatic carbocycles. The second-order valence-corrected chi connectivity index (χ2v) is 15.6. The van der Waals surface area contributed by atoms with Crippen molar-refractivity contribution in [1.29, 1.82) is 5.26 Å². The highest BCUT2D eigenvalue weighted by atomic mass is 32.2. The van der Waals surface area contributed by atoms with Crippen molar-refractivity contribution < 1.29 is 13.2 Å². The number of carbonyl (C=O) groups is 1. The van der Waals surface area contributed by atoms with Crippen LogP contribution in [0, 0.1) is 17.2 Å². The first-order valence-corrected chi connectivity index (χ1v) is 17.0. The number of anilines is 1. The molecule has 2 aromatic heterocycles. The Balaban J connectivity index is 1.22. The highest BCUT2D eigenvalue weighted by Crippen LogP contribution is 2.49. The molecular weight excluding hydrogens is 555 g/mol. The monoisotopic (exact) mass is 587 g/mol. The number of amides is 1. The van der Waals surface area contributed by atoms with Crippen LogP contribution in [0.3, 0.4) is 0 Å². The molecule has 1 spiro atoms. The van der Waals surface area contributed by atoms with Crippen molar-refractivity contribution in [3.63, 3.8) is 0 Å². The molecule has 2 unspecified atom stereocenters. The van der Waals surface area contributed by atoms with Crippen LogP contribution in [-0.4, -0.2) is 53.4 Å². The third kappa shape index (κ3) is 4.83. The van der Waals surface area contributed by atoms with Gasteiger partial charge in [0.15, 0.2) is 9.84 Å². The molecule has 1 saturated heterocycles. The maximum absolute atomic E-state index is 13.5. The standard InChI is InChI=1S/C31H33N5O3S2/c32-19-30(11-12-30)35-28(37)25-6-2-1-5-24(25)26-27(40-29(34-26)22-4-3-15-33-18-22)21-7-9-23(10-8-21)36-16-17-41(38,39)31(20-36)13-14-31/h3-4,7-10,15,18,24-25H,1-2,5-6,11-14,16-17,20H2,(H,35,37). The van der Waals surface area contributed by atoms with E-state index in [0.717, 1.165) is 83.8 Å². The number of hydrogen-bond acceptors (Lipinski definition) is 8. The molecule has 212 valence electrons. The van der Waals surface area contributed by atoms with Gasteiger partial charge < -0.3 is 10.2 Å². The lowest BCUT2D eigenvalue weighted by Gasteiger charge is -2.34. The first-order chi connectivity index (χ1) is 19.8. The van der Waals surface area contributed by atoms with Gasteiger partial charge in [-0.15, -0.1) is 11.3 Å². The molecule has 0 radical (unpaired) electrons. The Morgan fingerprint density at radius 1 is 1.07 bits per heavy atom. The summed E-state index contributed by atoms with van der Waals surface area (Å²) < 4.78 is 24.6. The van der Waals surface area contributed by atoms with Crippen molar-refractivity contribution in [2.75, 3.05) is 23.7 Å². The number of aromatic nitrogens is 2. The number of nitrogens with one attached hydrogen (secondary N) is 1. The van der Waals surface area contributed by atoms with E-state index < -0.39 is 20.1 Å². The minimum Gasteiger partial charge on any atom is -0.369 e. The maximum Gasteiger partial charge on any atom is 0.225 e. The molecule has 1 amide bonds. The smallest absolute Gasteiger partial charge is 0.225 e. The van der Waals surface area contributed by atoms with Gasteiger partial charge in [-0.05, 0) is 68.4 Å². The number of nitrogens with zero attached hydrogens (tertiary/aromatic N) is 4. The van der Waals surface area contributed by atoms with Crippen LogP contribution in [-0.2, 0) is 14.6 Å². The zero-order chi connectivity index (χ0) is 28.2. The quantitative estimate of drug-likeness (QED) is 0.427. The van der Waals surface area contributed by atoms with Gasteiger partial charge in [0.05, 0.1) is 27.1 Å². The van der Waals surface area contributed by atoms with Gasteiger partial charge >= 0.3 is 0 Å². The molecule has 4 aliphatic rings. The summed E-state index contributed by atoms with van der Waals surface area (Å²) in [6.07, 6.45) is 10.2. The van der Waals surface area contributed by atoms with Gasteiger partial charge in [0.1, 0.15) is 10.5 Å². The Hall–Kier alpha value is -3.29. The number of carbonyl (C=O) groups excluding carboxylic acids is 1. The Morgan fingerprint density at radius 3 is 2.54 bits per heavy atom. The largest absolute Gasteiger partial charge is 0.369 e. The summed E-state index contributed by atoms with van der Waals surface area (Å²) in [7, 11) is -3.01. The van der Waals surface area contributed by atoms with Gasteiger partial charge in [-0.2, -0.15) is 5.26 Å². The molecule has 3 heterocycles. The average molecular weight is 588 g/mol. The summed E-state index contributed by atoms with van der Waals surface area (Å²) in [5.41, 5.74) is 3.29. The van der Waals surface area contributed by atoms with Crippen LogP contribution >= 0.6 is 11.3 Å². The fourth-order valence-electron chi connectivity index (χ4n) is 6.52. The van der Waals surface area contributed by atoms with E-state index in [1.54, 1.807) is 17.5 Å². The van der Waals surface area contributed by atoms with E-state index in [2.05, 4.69) is 45.5 Å². The predicted molar refractivity (Wildman–Crippen MR) is 159 cm³/mol. The average Bonchev–Trinajstić information content (AvgIpc) is 3.92. The molecule has 41 heavy (non-hydrogen) atoms. The molecule has 7 rings (SSSR count). The summed E-state index contributed by atoms with van der Waals surface area (Å²) >= 11 is 1.63. The topological polar surface area (TPSA) is 116 Å². The van der Waals surface area contributed by atoms with Crippen molar-refractivity contribution in [2.45, 2.75) is 67.6 Å². The van der Waals surface area contributed by atoms with Crippen LogP contribution in [0.5, 0.6) is 0 Å². The number of rotatable bonds is 6. The summed E-state index contributed by atoms with van der Waals surface area (Å²) in [5.74, 6) is -0.0707. The van der Waals surface area contributed by atoms with Gasteiger partial charge in [0, 0.05) is 48.6 Å². The third-order valence-electron chi connectivity index (χ3n) is 9.41. The number of benzene rings is 1. The van der Waals surface area contributed by atoms with Crippen LogP contribution in [0.1, 0.15) is 63.0 Å². The van der Waals surface area contributed by atoms with Crippen molar-refractivity contribution in [3.8, 4) is 27.1 Å². The molecule has 2 atom stereocenters. The number of hydrogen-bond donors (Lipinski definition) is 1. The second-order valence-electron chi connectivity index (χ2n) is 12.1. The molecule has 3 aromatic rings. The lowest BCUT2D eigenvalue weighted by atomic mass is 9.76. The molecule has 10 heteroatoms. The fourth-order valence-corrected chi connectivity index (χ4v) is 9.62. The van der Waals surface area contributed by atoms with E-state index in [-0.39, 0.29) is 23.5 Å². The van der Waals surface area contributed by atoms with Gasteiger partial charge in [-0.25, -0.2) is 13.4 Å². The van der Waals surface area contributed by atoms with Crippen LogP contribution in [0.25, 0.3) is 21.0 Å². The van der Waals surface area contributed by atoms with E-state index in [1.807, 2.05) is 18.3 Å². The molecule has 1 aromatic carbocycles. The van der Waals surface area contributed by atoms with Crippen molar-refractivity contribution in [1.82, 2.24) is 15.3 Å². The number of thiazole rings is 1. The Morgan fingerprint density at radius 2 is 1.85 bits per heavy atom. The minimum atomic E-state index is -3.01. The van der Waals surface area contributed by atoms with E-state index in [9.17, 15) is 18.5 Å². The SMILES string of the molecule is N#CC1(NC(=O)C2CCCCC2c2nc(-c3cccnc3)sc2-c2ccc(N3CCS(=O)(=O)C4(CC4)C3)cc2)CC1. The number of pyridine rings is 1. The normalized spacial score (nSPS) is 25.3. The van der Waals surface area contributed by atoms with Gasteiger partial charge in [-0.3, -0.25) is 9.78 Å². The molecule has 4 fully saturated rings. The summed E-state index contributed by atoms with van der Waals surface area (Å²) in [6.45, 7) is 1.08. The molecule has 1 aliphatic heterocycles. The van der Waals surface area contributed by atoms with E-state index >= 15 is 0 Å². The van der Waals surface area contributed by atoms with Crippen molar-refractivity contribution in [2.24, 2.45) is 5.92 Å². The number of sulfone groups is 1. The van der Waals surface area contributed by atoms with Crippen LogP contribution in [0.4, 0.5) is 5.69 Å². The molecule has 0 bridgehead atoms. The third-order valence-corrected chi connectivity index (χ3v) is 13.2. The Bertz CT molecular complexity index is 1620. The first-order valence-electron chi connectivity index (χ1n) is 14.5. The van der Waals surface area contributed by atoms with E-state index in [0.29, 0.717) is 13.1 Å². The van der Waals surface area contributed by atoms with Crippen molar-refractivity contribution >= 4 is 32.8 Å². The lowest BCUT2D eigenvalue weighted by molar-refractivity contribution is -0.127. The zero-order valence-electron chi connectivity index (χ0n) is 22.9. The summed E-state index contributed by atoms with van der Waals surface area (Å²) in [5, 5.41) is 13.5. The van der Waals surface area contributed by atoms with E-state index in [4.69, 9.17) is 4.98 Å². The molecular formula is C31H33N5O3S2. The first kappa shape index (κ1) is 26.6. The molecule has 3 saturated carbocycles. The molecule has 1 N–H and O–H groups in total. The highest BCUT2D eigenvalue weighted by molar-refractivity contribution is 7.93. The van der Waals surface area contributed by atoms with Crippen molar-refractivity contribution in [3.05, 3.63) is 54.5 Å². The molecule has 8 nitrogen and oxygen atoms in total. The summed E-state index contributed by atoms with van der Waals surface area (Å²) in [4.78, 5) is 26.2. The Labute approximate surface area is 244 Å². The van der Waals surface area contributed by atoms with Crippen LogP contribution in [0.15, 0.2) is 48.8 Å². The van der Waals surface area contributed by atoms with Gasteiger partial charge in [0.25, 0.3) is 0 Å². The Kier molecular flexibility index (Phi) is 6.43. The lowest BCUT2D eigenvalue weighted by Crippen LogP contribution is -2.48. The highest BCUT2D eigenvalue weighted by Gasteiger charge is 2.57. The maximum atomic E-state index is 13.5. The predicted octanol–water partition coefficient (Wildman–Crippen LogP) is 5.09. The zero-order valence-corrected chi connectivity index (χ0v) is 24.5. The van der Waals surface area contributed by atoms with E-state index in [1.165, 1.54) is 0 Å². The summed E-state index contributed by atoms with van der Waals surface area (Å²) in [6, 6.07) is 14.6. The van der Waals surface area contributed by atoms with Crippen LogP contribution in [0.2, 0.25) is 0 Å². The van der Waals surface area contributed by atoms with Gasteiger partial charge in [-0.1, -0.05) is 25.0 Å². The van der Waals surface area contributed by atoms with Gasteiger partial charge in [0.2, 0.25) is 5.91 Å². The second kappa shape index (κ2) is 9.92.